The summed E-state index contributed by atoms with van der Waals surface area (Å²) in [7, 11) is 0. The van der Waals surface area contributed by atoms with Gasteiger partial charge in [0.05, 0.1) is 5.56 Å². The third-order valence-electron chi connectivity index (χ3n) is 5.94. The normalized spacial score (nSPS) is 20.3. The number of piperazine rings is 1. The Labute approximate surface area is 158 Å². The third kappa shape index (κ3) is 4.04. The number of halogens is 3. The second kappa shape index (κ2) is 7.64. The number of alkyl halides is 3. The molecule has 0 amide bonds. The van der Waals surface area contributed by atoms with Gasteiger partial charge in [-0.15, -0.1) is 0 Å². The topological polar surface area (TPSA) is 15.3 Å². The van der Waals surface area contributed by atoms with Gasteiger partial charge in [0.25, 0.3) is 0 Å². The highest BCUT2D eigenvalue weighted by molar-refractivity contribution is 5.64. The van der Waals surface area contributed by atoms with Gasteiger partial charge in [0, 0.05) is 32.2 Å². The molecule has 2 aromatic rings. The smallest absolute Gasteiger partial charge is 0.314 e. The minimum atomic E-state index is -4.29. The maximum absolute atomic E-state index is 12.7. The van der Waals surface area contributed by atoms with Crippen molar-refractivity contribution in [2.45, 2.75) is 31.5 Å². The molecule has 2 aliphatic rings. The van der Waals surface area contributed by atoms with Crippen LogP contribution in [0.25, 0.3) is 11.1 Å². The Hall–Kier alpha value is -1.85. The van der Waals surface area contributed by atoms with Gasteiger partial charge in [-0.05, 0) is 47.6 Å². The van der Waals surface area contributed by atoms with E-state index in [1.807, 2.05) is 12.1 Å². The molecule has 0 bridgehead atoms. The molecular weight excluding hydrogens is 349 g/mol. The molecule has 0 radical (unpaired) electrons. The quantitative estimate of drug-likeness (QED) is 0.799. The summed E-state index contributed by atoms with van der Waals surface area (Å²) in [5.74, 6) is 0.722. The van der Waals surface area contributed by atoms with Crippen molar-refractivity contribution in [3.8, 4) is 11.1 Å². The van der Waals surface area contributed by atoms with Crippen molar-refractivity contribution in [3.63, 3.8) is 0 Å². The van der Waals surface area contributed by atoms with Gasteiger partial charge < -0.3 is 5.32 Å². The molecule has 2 nitrogen and oxygen atoms in total. The van der Waals surface area contributed by atoms with Crippen LogP contribution in [0.4, 0.5) is 13.2 Å². The molecule has 5 heteroatoms. The first-order chi connectivity index (χ1) is 13.0. The van der Waals surface area contributed by atoms with Gasteiger partial charge in [0.1, 0.15) is 0 Å². The highest BCUT2D eigenvalue weighted by atomic mass is 19.4. The van der Waals surface area contributed by atoms with Crippen LogP contribution in [0.3, 0.4) is 0 Å². The Morgan fingerprint density at radius 3 is 1.89 bits per heavy atom. The minimum Gasteiger partial charge on any atom is -0.314 e. The van der Waals surface area contributed by atoms with Crippen LogP contribution < -0.4 is 5.32 Å². The summed E-state index contributed by atoms with van der Waals surface area (Å²) in [6.07, 6.45) is -0.400. The van der Waals surface area contributed by atoms with Crippen LogP contribution in [0.5, 0.6) is 0 Å². The Morgan fingerprint density at radius 1 is 0.852 bits per heavy atom. The van der Waals surface area contributed by atoms with Crippen LogP contribution in [0.1, 0.15) is 36.4 Å². The van der Waals surface area contributed by atoms with E-state index in [0.29, 0.717) is 6.04 Å². The molecule has 1 saturated carbocycles. The summed E-state index contributed by atoms with van der Waals surface area (Å²) in [5, 5.41) is 3.42. The number of hydrogen-bond donors (Lipinski definition) is 1. The first kappa shape index (κ1) is 18.5. The molecular formula is C22H25F3N2. The highest BCUT2D eigenvalue weighted by Crippen LogP contribution is 2.42. The van der Waals surface area contributed by atoms with Crippen LogP contribution >= 0.6 is 0 Å². The van der Waals surface area contributed by atoms with Crippen LogP contribution in [0, 0.1) is 5.92 Å². The van der Waals surface area contributed by atoms with E-state index in [2.05, 4.69) is 22.3 Å². The van der Waals surface area contributed by atoms with E-state index in [0.717, 1.165) is 55.4 Å². The average Bonchev–Trinajstić information content (AvgIpc) is 2.65. The van der Waals surface area contributed by atoms with Crippen LogP contribution in [-0.4, -0.2) is 31.1 Å². The van der Waals surface area contributed by atoms with Crippen molar-refractivity contribution in [2.24, 2.45) is 5.92 Å². The van der Waals surface area contributed by atoms with E-state index in [1.165, 1.54) is 24.8 Å². The fourth-order valence-electron chi connectivity index (χ4n) is 4.22. The molecule has 0 aromatic heterocycles. The molecule has 27 heavy (non-hydrogen) atoms. The second-order valence-electron chi connectivity index (χ2n) is 7.62. The third-order valence-corrected chi connectivity index (χ3v) is 5.94. The number of rotatable bonds is 4. The van der Waals surface area contributed by atoms with E-state index >= 15 is 0 Å². The predicted octanol–water partition coefficient (Wildman–Crippen LogP) is 5.12. The summed E-state index contributed by atoms with van der Waals surface area (Å²) >= 11 is 0. The van der Waals surface area contributed by atoms with Gasteiger partial charge in [0.15, 0.2) is 0 Å². The average molecular weight is 374 g/mol. The lowest BCUT2D eigenvalue weighted by Crippen LogP contribution is -2.47. The highest BCUT2D eigenvalue weighted by Gasteiger charge is 2.33. The summed E-state index contributed by atoms with van der Waals surface area (Å²) in [6.45, 7) is 4.21. The van der Waals surface area contributed by atoms with Gasteiger partial charge in [-0.3, -0.25) is 4.90 Å². The molecule has 2 aromatic carbocycles. The summed E-state index contributed by atoms with van der Waals surface area (Å²) < 4.78 is 38.2. The molecule has 0 unspecified atom stereocenters. The largest absolute Gasteiger partial charge is 0.416 e. The fraction of sp³-hybridized carbons (Fsp3) is 0.455. The van der Waals surface area contributed by atoms with Gasteiger partial charge in [-0.2, -0.15) is 13.2 Å². The van der Waals surface area contributed by atoms with Crippen molar-refractivity contribution in [3.05, 3.63) is 59.7 Å². The van der Waals surface area contributed by atoms with Gasteiger partial charge >= 0.3 is 6.18 Å². The minimum absolute atomic E-state index is 0.461. The molecule has 1 aliphatic carbocycles. The van der Waals surface area contributed by atoms with Gasteiger partial charge in [-0.25, -0.2) is 0 Å². The number of hydrogen-bond acceptors (Lipinski definition) is 2. The Bertz CT molecular complexity index is 743. The van der Waals surface area contributed by atoms with Crippen molar-refractivity contribution >= 4 is 0 Å². The van der Waals surface area contributed by atoms with Crippen LogP contribution in [0.15, 0.2) is 48.5 Å². The van der Waals surface area contributed by atoms with Crippen LogP contribution in [-0.2, 0) is 6.18 Å². The van der Waals surface area contributed by atoms with E-state index < -0.39 is 11.7 Å². The number of benzene rings is 2. The number of nitrogens with zero attached hydrogens (tertiary/aromatic N) is 1. The van der Waals surface area contributed by atoms with Crippen LogP contribution in [0.2, 0.25) is 0 Å². The fourth-order valence-corrected chi connectivity index (χ4v) is 4.22. The van der Waals surface area contributed by atoms with E-state index in [-0.39, 0.29) is 0 Å². The monoisotopic (exact) mass is 374 g/mol. The maximum Gasteiger partial charge on any atom is 0.416 e. The van der Waals surface area contributed by atoms with Crippen molar-refractivity contribution in [2.75, 3.05) is 26.2 Å². The van der Waals surface area contributed by atoms with E-state index in [9.17, 15) is 13.2 Å². The summed E-state index contributed by atoms with van der Waals surface area (Å²) in [5.41, 5.74) is 2.50. The van der Waals surface area contributed by atoms with Crippen molar-refractivity contribution < 1.29 is 13.2 Å². The predicted molar refractivity (Wildman–Crippen MR) is 101 cm³/mol. The van der Waals surface area contributed by atoms with Crippen molar-refractivity contribution in [1.82, 2.24) is 10.2 Å². The Balaban J connectivity index is 1.54. The first-order valence-electron chi connectivity index (χ1n) is 9.75. The Kier molecular flexibility index (Phi) is 5.24. The summed E-state index contributed by atoms with van der Waals surface area (Å²) in [6, 6.07) is 14.3. The lowest BCUT2D eigenvalue weighted by molar-refractivity contribution is -0.137. The van der Waals surface area contributed by atoms with Crippen molar-refractivity contribution in [1.29, 1.82) is 0 Å². The molecule has 1 N–H and O–H groups in total. The maximum atomic E-state index is 12.7. The molecule has 1 aliphatic heterocycles. The Morgan fingerprint density at radius 2 is 1.41 bits per heavy atom. The zero-order valence-electron chi connectivity index (χ0n) is 15.3. The molecule has 2 fully saturated rings. The van der Waals surface area contributed by atoms with Gasteiger partial charge in [0.2, 0.25) is 0 Å². The molecule has 0 spiro atoms. The molecule has 1 saturated heterocycles. The summed E-state index contributed by atoms with van der Waals surface area (Å²) in [4.78, 5) is 2.59. The SMILES string of the molecule is FC(F)(F)c1ccc(-c2ccc([C@H](C3CCC3)N3CCNCC3)cc2)cc1. The standard InChI is InChI=1S/C22H25F3N2/c23-22(24,25)20-10-8-17(9-11-20)16-4-6-19(7-5-16)21(18-2-1-3-18)27-14-12-26-13-15-27/h4-11,18,21,26H,1-3,12-15H2/t21-/m0/s1. The van der Waals surface area contributed by atoms with E-state index in [1.54, 1.807) is 12.1 Å². The lowest BCUT2D eigenvalue weighted by atomic mass is 9.76. The molecule has 1 heterocycles. The van der Waals surface area contributed by atoms with Gasteiger partial charge in [-0.1, -0.05) is 42.8 Å². The lowest BCUT2D eigenvalue weighted by Gasteiger charge is -2.43. The molecule has 144 valence electrons. The first-order valence-corrected chi connectivity index (χ1v) is 9.75. The molecule has 1 atom stereocenters. The zero-order chi connectivity index (χ0) is 18.9. The second-order valence-corrected chi connectivity index (χ2v) is 7.62. The van der Waals surface area contributed by atoms with E-state index in [4.69, 9.17) is 0 Å². The number of nitrogens with one attached hydrogen (secondary N) is 1. The molecule has 4 rings (SSSR count). The zero-order valence-corrected chi connectivity index (χ0v) is 15.3.